The summed E-state index contributed by atoms with van der Waals surface area (Å²) in [4.78, 5) is 11.9. The van der Waals surface area contributed by atoms with E-state index >= 15 is 0 Å². The zero-order chi connectivity index (χ0) is 11.5. The van der Waals surface area contributed by atoms with Crippen molar-refractivity contribution < 1.29 is 4.79 Å². The lowest BCUT2D eigenvalue weighted by Gasteiger charge is -2.24. The number of hydrogen-bond acceptors (Lipinski definition) is 2. The number of rotatable bonds is 2. The Morgan fingerprint density at radius 1 is 1.50 bits per heavy atom. The van der Waals surface area contributed by atoms with Crippen molar-refractivity contribution in [1.82, 2.24) is 10.6 Å². The molecular weight excluding hydrogens is 200 g/mol. The van der Waals surface area contributed by atoms with Crippen LogP contribution in [0.1, 0.15) is 39.0 Å². The fourth-order valence-corrected chi connectivity index (χ4v) is 2.88. The molecule has 0 aromatic rings. The Bertz CT molecular complexity index is 294. The SMILES string of the molecule is C#CC(C)NC(=O)C1CC2CCCCC2N1. The number of carbonyl (C=O) groups is 1. The van der Waals surface area contributed by atoms with Gasteiger partial charge in [-0.2, -0.15) is 0 Å². The monoisotopic (exact) mass is 220 g/mol. The Morgan fingerprint density at radius 3 is 2.94 bits per heavy atom. The highest BCUT2D eigenvalue weighted by Crippen LogP contribution is 2.33. The molecule has 0 bridgehead atoms. The predicted octanol–water partition coefficient (Wildman–Crippen LogP) is 1.04. The van der Waals surface area contributed by atoms with Crippen LogP contribution >= 0.6 is 0 Å². The minimum atomic E-state index is -0.170. The molecule has 1 heterocycles. The fourth-order valence-electron chi connectivity index (χ4n) is 2.88. The van der Waals surface area contributed by atoms with Crippen LogP contribution in [0.3, 0.4) is 0 Å². The summed E-state index contributed by atoms with van der Waals surface area (Å²) in [6.45, 7) is 1.83. The topological polar surface area (TPSA) is 41.1 Å². The summed E-state index contributed by atoms with van der Waals surface area (Å²) < 4.78 is 0. The van der Waals surface area contributed by atoms with Crippen molar-refractivity contribution in [2.24, 2.45) is 5.92 Å². The van der Waals surface area contributed by atoms with Gasteiger partial charge in [0.25, 0.3) is 0 Å². The van der Waals surface area contributed by atoms with Crippen LogP contribution in [-0.2, 0) is 4.79 Å². The lowest BCUT2D eigenvalue weighted by atomic mass is 9.85. The van der Waals surface area contributed by atoms with Crippen molar-refractivity contribution in [3.63, 3.8) is 0 Å². The van der Waals surface area contributed by atoms with Crippen LogP contribution in [0.15, 0.2) is 0 Å². The molecule has 3 heteroatoms. The van der Waals surface area contributed by atoms with Crippen LogP contribution in [0.4, 0.5) is 0 Å². The molecule has 1 aliphatic heterocycles. The third-order valence-electron chi connectivity index (χ3n) is 3.79. The summed E-state index contributed by atoms with van der Waals surface area (Å²) in [5.41, 5.74) is 0. The molecule has 0 aromatic heterocycles. The Morgan fingerprint density at radius 2 is 2.25 bits per heavy atom. The van der Waals surface area contributed by atoms with E-state index < -0.39 is 0 Å². The second-order valence-electron chi connectivity index (χ2n) is 5.00. The van der Waals surface area contributed by atoms with Gasteiger partial charge in [-0.15, -0.1) is 6.42 Å². The van der Waals surface area contributed by atoms with Gasteiger partial charge in [0.05, 0.1) is 12.1 Å². The summed E-state index contributed by atoms with van der Waals surface area (Å²) in [5.74, 6) is 3.29. The second kappa shape index (κ2) is 4.88. The Labute approximate surface area is 97.4 Å². The van der Waals surface area contributed by atoms with Crippen molar-refractivity contribution in [2.45, 2.75) is 57.2 Å². The molecule has 1 saturated carbocycles. The average molecular weight is 220 g/mol. The van der Waals surface area contributed by atoms with Crippen molar-refractivity contribution in [3.05, 3.63) is 0 Å². The lowest BCUT2D eigenvalue weighted by Crippen LogP contribution is -2.45. The van der Waals surface area contributed by atoms with Crippen LogP contribution in [-0.4, -0.2) is 24.0 Å². The molecule has 4 atom stereocenters. The highest BCUT2D eigenvalue weighted by atomic mass is 16.2. The molecule has 1 amide bonds. The molecule has 16 heavy (non-hydrogen) atoms. The number of hydrogen-bond donors (Lipinski definition) is 2. The minimum absolute atomic E-state index is 0.0242. The lowest BCUT2D eigenvalue weighted by molar-refractivity contribution is -0.123. The largest absolute Gasteiger partial charge is 0.341 e. The van der Waals surface area contributed by atoms with Crippen LogP contribution in [0.25, 0.3) is 0 Å². The molecule has 2 N–H and O–H groups in total. The van der Waals surface area contributed by atoms with Crippen LogP contribution in [0.2, 0.25) is 0 Å². The quantitative estimate of drug-likeness (QED) is 0.683. The maximum Gasteiger partial charge on any atom is 0.238 e. The highest BCUT2D eigenvalue weighted by molar-refractivity contribution is 5.82. The maximum absolute atomic E-state index is 11.9. The summed E-state index contributed by atoms with van der Waals surface area (Å²) in [5, 5.41) is 6.29. The molecule has 0 radical (unpaired) electrons. The van der Waals surface area contributed by atoms with Gasteiger partial charge in [-0.25, -0.2) is 0 Å². The van der Waals surface area contributed by atoms with E-state index in [1.165, 1.54) is 25.7 Å². The molecule has 1 aliphatic carbocycles. The smallest absolute Gasteiger partial charge is 0.238 e. The standard InChI is InChI=1S/C13H20N2O/c1-3-9(2)14-13(16)12-8-10-6-4-5-7-11(10)15-12/h1,9-12,15H,4-8H2,2H3,(H,14,16). The Hall–Kier alpha value is -1.01. The van der Waals surface area contributed by atoms with Gasteiger partial charge in [0.1, 0.15) is 0 Å². The number of nitrogens with one attached hydrogen (secondary N) is 2. The van der Waals surface area contributed by atoms with E-state index in [2.05, 4.69) is 16.6 Å². The van der Waals surface area contributed by atoms with E-state index in [1.807, 2.05) is 6.92 Å². The zero-order valence-electron chi connectivity index (χ0n) is 9.83. The van der Waals surface area contributed by atoms with Crippen molar-refractivity contribution in [1.29, 1.82) is 0 Å². The van der Waals surface area contributed by atoms with Gasteiger partial charge in [0.15, 0.2) is 0 Å². The maximum atomic E-state index is 11.9. The molecule has 88 valence electrons. The molecule has 3 nitrogen and oxygen atoms in total. The van der Waals surface area contributed by atoms with Gasteiger partial charge in [0, 0.05) is 6.04 Å². The molecule has 2 aliphatic rings. The van der Waals surface area contributed by atoms with Gasteiger partial charge in [-0.05, 0) is 32.1 Å². The normalized spacial score (nSPS) is 34.9. The molecule has 4 unspecified atom stereocenters. The minimum Gasteiger partial charge on any atom is -0.341 e. The molecule has 2 fully saturated rings. The number of carbonyl (C=O) groups excluding carboxylic acids is 1. The Kier molecular flexibility index (Phi) is 3.50. The first-order valence-corrected chi connectivity index (χ1v) is 6.23. The molecular formula is C13H20N2O. The first-order valence-electron chi connectivity index (χ1n) is 6.23. The third-order valence-corrected chi connectivity index (χ3v) is 3.79. The summed E-state index contributed by atoms with van der Waals surface area (Å²) in [6, 6.07) is 0.367. The van der Waals surface area contributed by atoms with Gasteiger partial charge in [0.2, 0.25) is 5.91 Å². The first-order chi connectivity index (χ1) is 7.70. The van der Waals surface area contributed by atoms with E-state index in [0.29, 0.717) is 12.0 Å². The summed E-state index contributed by atoms with van der Waals surface area (Å²) in [6.07, 6.45) is 11.3. The van der Waals surface area contributed by atoms with Crippen molar-refractivity contribution in [2.75, 3.05) is 0 Å². The van der Waals surface area contributed by atoms with E-state index in [-0.39, 0.29) is 18.0 Å². The van der Waals surface area contributed by atoms with Gasteiger partial charge in [-0.1, -0.05) is 18.8 Å². The van der Waals surface area contributed by atoms with E-state index in [9.17, 15) is 4.79 Å². The highest BCUT2D eigenvalue weighted by Gasteiger charge is 2.38. The number of amides is 1. The van der Waals surface area contributed by atoms with E-state index in [1.54, 1.807) is 0 Å². The van der Waals surface area contributed by atoms with Crippen LogP contribution < -0.4 is 10.6 Å². The average Bonchev–Trinajstić information content (AvgIpc) is 2.72. The van der Waals surface area contributed by atoms with Gasteiger partial charge in [-0.3, -0.25) is 4.79 Å². The van der Waals surface area contributed by atoms with Crippen molar-refractivity contribution >= 4 is 5.91 Å². The third kappa shape index (κ3) is 2.38. The second-order valence-corrected chi connectivity index (χ2v) is 5.00. The molecule has 0 spiro atoms. The van der Waals surface area contributed by atoms with Crippen molar-refractivity contribution in [3.8, 4) is 12.3 Å². The Balaban J connectivity index is 1.88. The number of terminal acetylenes is 1. The van der Waals surface area contributed by atoms with Crippen LogP contribution in [0, 0.1) is 18.3 Å². The molecule has 2 rings (SSSR count). The van der Waals surface area contributed by atoms with E-state index in [0.717, 1.165) is 6.42 Å². The molecule has 1 saturated heterocycles. The first kappa shape index (κ1) is 11.5. The zero-order valence-corrected chi connectivity index (χ0v) is 9.83. The van der Waals surface area contributed by atoms with Crippen LogP contribution in [0.5, 0.6) is 0 Å². The molecule has 0 aromatic carbocycles. The van der Waals surface area contributed by atoms with Gasteiger partial charge < -0.3 is 10.6 Å². The predicted molar refractivity (Wildman–Crippen MR) is 63.7 cm³/mol. The summed E-state index contributed by atoms with van der Waals surface area (Å²) in [7, 11) is 0. The van der Waals surface area contributed by atoms with E-state index in [4.69, 9.17) is 6.42 Å². The van der Waals surface area contributed by atoms with Gasteiger partial charge >= 0.3 is 0 Å². The number of fused-ring (bicyclic) bond motifs is 1. The fraction of sp³-hybridized carbons (Fsp3) is 0.769. The summed E-state index contributed by atoms with van der Waals surface area (Å²) >= 11 is 0.